The van der Waals surface area contributed by atoms with Gasteiger partial charge in [-0.15, -0.1) is 0 Å². The molecule has 0 aliphatic heterocycles. The second-order valence-corrected chi connectivity index (χ2v) is 10.4. The van der Waals surface area contributed by atoms with Crippen molar-refractivity contribution < 1.29 is 19.4 Å². The van der Waals surface area contributed by atoms with Crippen LogP contribution < -0.4 is 16.0 Å². The van der Waals surface area contributed by atoms with Crippen LogP contribution in [-0.4, -0.2) is 32.3 Å². The second-order valence-electron chi connectivity index (χ2n) is 10.4. The number of nitro benzene ring substituents is 2. The summed E-state index contributed by atoms with van der Waals surface area (Å²) in [4.78, 5) is 53.3. The van der Waals surface area contributed by atoms with Crippen molar-refractivity contribution in [3.05, 3.63) is 104 Å². The van der Waals surface area contributed by atoms with Gasteiger partial charge in [0, 0.05) is 42.1 Å². The molecule has 3 aromatic rings. The molecule has 2 atom stereocenters. The maximum atomic E-state index is 14.1. The number of non-ortho nitro benzene ring substituents is 1. The van der Waals surface area contributed by atoms with Crippen molar-refractivity contribution in [2.24, 2.45) is 5.92 Å². The summed E-state index contributed by atoms with van der Waals surface area (Å²) in [7, 11) is 0. The first-order valence-corrected chi connectivity index (χ1v) is 13.4. The van der Waals surface area contributed by atoms with Gasteiger partial charge < -0.3 is 16.0 Å². The minimum atomic E-state index is -1.61. The average Bonchev–Trinajstić information content (AvgIpc) is 2.97. The Morgan fingerprint density at radius 3 is 2.27 bits per heavy atom. The highest BCUT2D eigenvalue weighted by molar-refractivity contribution is 5.96. The molecule has 0 saturated heterocycles. The molecule has 2 unspecified atom stereocenters. The summed E-state index contributed by atoms with van der Waals surface area (Å²) in [6.45, 7) is 1.52. The first-order valence-electron chi connectivity index (χ1n) is 13.4. The number of carbonyl (C=O) groups is 2. The lowest BCUT2D eigenvalue weighted by molar-refractivity contribution is -0.385. The number of aromatic nitrogens is 1. The SMILES string of the molecule is CC(Cc1ccccc1[N+](=O)[O-])(NC(=O)Nc1ccc([N+](=O)[O-])cc1)C(=O)NC(c1ccccn1)C1CCCCC1. The third-order valence-electron chi connectivity index (χ3n) is 7.37. The number of rotatable bonds is 10. The molecule has 2 aromatic carbocycles. The largest absolute Gasteiger partial charge is 0.345 e. The smallest absolute Gasteiger partial charge is 0.320 e. The van der Waals surface area contributed by atoms with Gasteiger partial charge in [-0.25, -0.2) is 4.79 Å². The zero-order chi connectivity index (χ0) is 29.4. The standard InChI is InChI=1S/C29H32N6O6/c1-29(19-21-11-5-6-13-25(21)35(40)41,33-28(37)31-22-14-16-23(17-15-22)34(38)39)27(36)32-26(20-9-3-2-4-10-20)24-12-7-8-18-30-24/h5-8,11-18,20,26H,2-4,9-10,19H2,1H3,(H,32,36)(H2,31,33,37). The van der Waals surface area contributed by atoms with Gasteiger partial charge >= 0.3 is 6.03 Å². The van der Waals surface area contributed by atoms with Crippen molar-refractivity contribution in [1.29, 1.82) is 0 Å². The molecule has 1 heterocycles. The number of hydrogen-bond acceptors (Lipinski definition) is 7. The minimum Gasteiger partial charge on any atom is -0.345 e. The summed E-state index contributed by atoms with van der Waals surface area (Å²) in [5.41, 5.74) is -0.667. The summed E-state index contributed by atoms with van der Waals surface area (Å²) >= 11 is 0. The molecule has 0 radical (unpaired) electrons. The average molecular weight is 561 g/mol. The number of para-hydroxylation sites is 1. The van der Waals surface area contributed by atoms with Crippen LogP contribution in [0.1, 0.15) is 56.3 Å². The monoisotopic (exact) mass is 560 g/mol. The van der Waals surface area contributed by atoms with Crippen LogP contribution in [0, 0.1) is 26.1 Å². The topological polar surface area (TPSA) is 169 Å². The Bertz CT molecular complexity index is 1390. The minimum absolute atomic E-state index is 0.139. The van der Waals surface area contributed by atoms with Gasteiger partial charge in [0.05, 0.1) is 21.6 Å². The molecule has 1 aliphatic carbocycles. The van der Waals surface area contributed by atoms with E-state index in [0.29, 0.717) is 5.69 Å². The molecule has 4 rings (SSSR count). The summed E-state index contributed by atoms with van der Waals surface area (Å²) in [6, 6.07) is 15.7. The Balaban J connectivity index is 1.63. The number of amides is 3. The van der Waals surface area contributed by atoms with Gasteiger partial charge in [0.15, 0.2) is 0 Å². The Morgan fingerprint density at radius 2 is 1.63 bits per heavy atom. The van der Waals surface area contributed by atoms with E-state index >= 15 is 0 Å². The molecule has 41 heavy (non-hydrogen) atoms. The van der Waals surface area contributed by atoms with E-state index in [4.69, 9.17) is 0 Å². The van der Waals surface area contributed by atoms with Crippen molar-refractivity contribution in [2.45, 2.75) is 57.0 Å². The molecule has 3 amide bonds. The first kappa shape index (κ1) is 29.1. The van der Waals surface area contributed by atoms with E-state index in [0.717, 1.165) is 32.1 Å². The third-order valence-corrected chi connectivity index (χ3v) is 7.37. The Kier molecular flexibility index (Phi) is 9.23. The van der Waals surface area contributed by atoms with Gasteiger partial charge in [-0.2, -0.15) is 0 Å². The van der Waals surface area contributed by atoms with E-state index in [9.17, 15) is 29.8 Å². The summed E-state index contributed by atoms with van der Waals surface area (Å²) in [6.07, 6.45) is 6.52. The van der Waals surface area contributed by atoms with E-state index in [1.165, 1.54) is 43.3 Å². The van der Waals surface area contributed by atoms with Crippen molar-refractivity contribution in [3.8, 4) is 0 Å². The van der Waals surface area contributed by atoms with Crippen LogP contribution in [0.15, 0.2) is 72.9 Å². The van der Waals surface area contributed by atoms with E-state index in [-0.39, 0.29) is 35.0 Å². The van der Waals surface area contributed by atoms with E-state index in [2.05, 4.69) is 20.9 Å². The highest BCUT2D eigenvalue weighted by atomic mass is 16.6. The maximum Gasteiger partial charge on any atom is 0.320 e. The molecule has 12 heteroatoms. The predicted molar refractivity (Wildman–Crippen MR) is 152 cm³/mol. The fourth-order valence-corrected chi connectivity index (χ4v) is 5.24. The summed E-state index contributed by atoms with van der Waals surface area (Å²) in [5, 5.41) is 31.1. The van der Waals surface area contributed by atoms with Gasteiger partial charge in [0.2, 0.25) is 5.91 Å². The summed E-state index contributed by atoms with van der Waals surface area (Å²) < 4.78 is 0. The molecule has 3 N–H and O–H groups in total. The number of benzene rings is 2. The molecule has 0 spiro atoms. The molecule has 12 nitrogen and oxygen atoms in total. The molecular weight excluding hydrogens is 528 g/mol. The predicted octanol–water partition coefficient (Wildman–Crippen LogP) is 5.46. The van der Waals surface area contributed by atoms with Crippen LogP contribution in [0.5, 0.6) is 0 Å². The van der Waals surface area contributed by atoms with E-state index < -0.39 is 33.4 Å². The first-order chi connectivity index (χ1) is 19.7. The molecule has 1 aromatic heterocycles. The summed E-state index contributed by atoms with van der Waals surface area (Å²) in [5.74, 6) is -0.373. The highest BCUT2D eigenvalue weighted by Gasteiger charge is 2.40. The van der Waals surface area contributed by atoms with E-state index in [1.54, 1.807) is 24.4 Å². The van der Waals surface area contributed by atoms with Crippen molar-refractivity contribution >= 4 is 29.0 Å². The fourth-order valence-electron chi connectivity index (χ4n) is 5.24. The Morgan fingerprint density at radius 1 is 0.951 bits per heavy atom. The Hall–Kier alpha value is -4.87. The van der Waals surface area contributed by atoms with Crippen molar-refractivity contribution in [2.75, 3.05) is 5.32 Å². The Labute approximate surface area is 236 Å². The molecule has 1 aliphatic rings. The normalized spacial score (nSPS) is 15.6. The van der Waals surface area contributed by atoms with Crippen LogP contribution in [-0.2, 0) is 11.2 Å². The number of nitro groups is 2. The number of nitrogens with one attached hydrogen (secondary N) is 3. The molecule has 214 valence electrons. The highest BCUT2D eigenvalue weighted by Crippen LogP contribution is 2.34. The number of pyridine rings is 1. The van der Waals surface area contributed by atoms with Crippen LogP contribution in [0.25, 0.3) is 0 Å². The number of urea groups is 1. The molecule has 0 bridgehead atoms. The lowest BCUT2D eigenvalue weighted by Crippen LogP contribution is -2.60. The number of hydrogen-bond donors (Lipinski definition) is 3. The van der Waals surface area contributed by atoms with Crippen LogP contribution >= 0.6 is 0 Å². The molecule has 1 fully saturated rings. The van der Waals surface area contributed by atoms with Crippen LogP contribution in [0.4, 0.5) is 21.9 Å². The fraction of sp³-hybridized carbons (Fsp3) is 0.345. The van der Waals surface area contributed by atoms with E-state index in [1.807, 2.05) is 12.1 Å². The van der Waals surface area contributed by atoms with Crippen LogP contribution in [0.2, 0.25) is 0 Å². The van der Waals surface area contributed by atoms with Crippen molar-refractivity contribution in [1.82, 2.24) is 15.6 Å². The van der Waals surface area contributed by atoms with Gasteiger partial charge in [0.1, 0.15) is 5.54 Å². The zero-order valence-corrected chi connectivity index (χ0v) is 22.6. The lowest BCUT2D eigenvalue weighted by Gasteiger charge is -2.35. The lowest BCUT2D eigenvalue weighted by atomic mass is 9.81. The van der Waals surface area contributed by atoms with Gasteiger partial charge in [0.25, 0.3) is 11.4 Å². The molecule has 1 saturated carbocycles. The van der Waals surface area contributed by atoms with Gasteiger partial charge in [-0.1, -0.05) is 43.5 Å². The van der Waals surface area contributed by atoms with Crippen molar-refractivity contribution in [3.63, 3.8) is 0 Å². The van der Waals surface area contributed by atoms with Gasteiger partial charge in [-0.05, 0) is 49.9 Å². The number of nitrogens with zero attached hydrogens (tertiary/aromatic N) is 3. The maximum absolute atomic E-state index is 14.1. The number of anilines is 1. The molecular formula is C29H32N6O6. The second kappa shape index (κ2) is 13.0. The number of carbonyl (C=O) groups excluding carboxylic acids is 2. The van der Waals surface area contributed by atoms with Gasteiger partial charge in [-0.3, -0.25) is 30.0 Å². The third kappa shape index (κ3) is 7.41. The zero-order valence-electron chi connectivity index (χ0n) is 22.6. The quantitative estimate of drug-likeness (QED) is 0.218. The van der Waals surface area contributed by atoms with Crippen LogP contribution in [0.3, 0.4) is 0 Å².